The number of ether oxygens (including phenoxy) is 2. The molecule has 1 rings (SSSR count). The number of rotatable bonds is 4. The van der Waals surface area contributed by atoms with E-state index in [1.54, 1.807) is 13.2 Å². The van der Waals surface area contributed by atoms with Gasteiger partial charge in [0, 0.05) is 19.2 Å². The van der Waals surface area contributed by atoms with E-state index in [1.165, 1.54) is 7.11 Å². The summed E-state index contributed by atoms with van der Waals surface area (Å²) in [5, 5.41) is 0. The summed E-state index contributed by atoms with van der Waals surface area (Å²) < 4.78 is 9.46. The van der Waals surface area contributed by atoms with Crippen molar-refractivity contribution < 1.29 is 14.3 Å². The number of aromatic nitrogens is 1. The summed E-state index contributed by atoms with van der Waals surface area (Å²) in [6, 6.07) is 3.56. The fourth-order valence-corrected chi connectivity index (χ4v) is 1.03. The van der Waals surface area contributed by atoms with Crippen LogP contribution >= 0.6 is 0 Å². The smallest absolute Gasteiger partial charge is 0.354 e. The van der Waals surface area contributed by atoms with Crippen molar-refractivity contribution in [2.45, 2.75) is 6.42 Å². The van der Waals surface area contributed by atoms with Gasteiger partial charge in [0.05, 0.1) is 13.7 Å². The molecule has 13 heavy (non-hydrogen) atoms. The Labute approximate surface area is 76.9 Å². The molecule has 0 bridgehead atoms. The molecule has 0 aliphatic rings. The Morgan fingerprint density at radius 2 is 2.23 bits per heavy atom. The second-order valence-corrected chi connectivity index (χ2v) is 2.63. The second-order valence-electron chi connectivity index (χ2n) is 2.63. The molecule has 0 amide bonds. The van der Waals surface area contributed by atoms with Crippen LogP contribution in [0.25, 0.3) is 0 Å². The van der Waals surface area contributed by atoms with E-state index < -0.39 is 0 Å². The third kappa shape index (κ3) is 2.59. The molecule has 1 aromatic heterocycles. The highest BCUT2D eigenvalue weighted by atomic mass is 16.5. The van der Waals surface area contributed by atoms with Crippen LogP contribution in [0.3, 0.4) is 0 Å². The van der Waals surface area contributed by atoms with Gasteiger partial charge in [-0.25, -0.2) is 4.79 Å². The molecule has 4 heteroatoms. The van der Waals surface area contributed by atoms with E-state index in [4.69, 9.17) is 4.74 Å². The largest absolute Gasteiger partial charge is 0.464 e. The van der Waals surface area contributed by atoms with E-state index >= 15 is 0 Å². The van der Waals surface area contributed by atoms with Gasteiger partial charge in [0.25, 0.3) is 0 Å². The van der Waals surface area contributed by atoms with Crippen molar-refractivity contribution in [1.29, 1.82) is 0 Å². The van der Waals surface area contributed by atoms with Crippen LogP contribution in [0.4, 0.5) is 0 Å². The highest BCUT2D eigenvalue weighted by Crippen LogP contribution is 2.03. The minimum atomic E-state index is -0.344. The lowest BCUT2D eigenvalue weighted by molar-refractivity contribution is 0.0594. The third-order valence-electron chi connectivity index (χ3n) is 1.73. The molecule has 0 aliphatic heterocycles. The van der Waals surface area contributed by atoms with E-state index in [-0.39, 0.29) is 5.97 Å². The zero-order valence-electron chi connectivity index (χ0n) is 7.79. The number of hydrogen-bond acceptors (Lipinski definition) is 3. The predicted molar refractivity (Wildman–Crippen MR) is 47.7 cm³/mol. The van der Waals surface area contributed by atoms with Gasteiger partial charge in [0.1, 0.15) is 5.69 Å². The van der Waals surface area contributed by atoms with Gasteiger partial charge in [-0.1, -0.05) is 0 Å². The van der Waals surface area contributed by atoms with E-state index in [0.29, 0.717) is 12.3 Å². The van der Waals surface area contributed by atoms with Crippen LogP contribution in [0.5, 0.6) is 0 Å². The normalized spacial score (nSPS) is 10.0. The Balaban J connectivity index is 2.58. The van der Waals surface area contributed by atoms with Crippen molar-refractivity contribution in [3.05, 3.63) is 23.5 Å². The SMILES string of the molecule is COCCc1ccc(C(=O)OC)[nH]1. The lowest BCUT2D eigenvalue weighted by Crippen LogP contribution is -2.02. The Bertz CT molecular complexity index is 280. The van der Waals surface area contributed by atoms with Crippen molar-refractivity contribution in [2.75, 3.05) is 20.8 Å². The summed E-state index contributed by atoms with van der Waals surface area (Å²) >= 11 is 0. The lowest BCUT2D eigenvalue weighted by Gasteiger charge is -1.96. The minimum absolute atomic E-state index is 0.344. The van der Waals surface area contributed by atoms with Gasteiger partial charge in [0.2, 0.25) is 0 Å². The van der Waals surface area contributed by atoms with Crippen molar-refractivity contribution >= 4 is 5.97 Å². The van der Waals surface area contributed by atoms with Gasteiger partial charge >= 0.3 is 5.97 Å². The molecule has 4 nitrogen and oxygen atoms in total. The zero-order chi connectivity index (χ0) is 9.68. The van der Waals surface area contributed by atoms with Crippen molar-refractivity contribution in [1.82, 2.24) is 4.98 Å². The number of hydrogen-bond donors (Lipinski definition) is 1. The molecular weight excluding hydrogens is 170 g/mol. The molecular formula is C9H13NO3. The maximum absolute atomic E-state index is 11.0. The molecule has 0 aliphatic carbocycles. The van der Waals surface area contributed by atoms with Crippen LogP contribution < -0.4 is 0 Å². The molecule has 72 valence electrons. The molecule has 0 saturated heterocycles. The maximum atomic E-state index is 11.0. The first-order chi connectivity index (χ1) is 6.27. The predicted octanol–water partition coefficient (Wildman–Crippen LogP) is 0.990. The monoisotopic (exact) mass is 183 g/mol. The maximum Gasteiger partial charge on any atom is 0.354 e. The lowest BCUT2D eigenvalue weighted by atomic mass is 10.3. The van der Waals surface area contributed by atoms with E-state index in [1.807, 2.05) is 6.07 Å². The molecule has 1 aromatic rings. The van der Waals surface area contributed by atoms with Gasteiger partial charge in [-0.3, -0.25) is 0 Å². The summed E-state index contributed by atoms with van der Waals surface area (Å²) in [6.45, 7) is 0.640. The van der Waals surface area contributed by atoms with Crippen LogP contribution in [0.1, 0.15) is 16.2 Å². The van der Waals surface area contributed by atoms with Crippen LogP contribution in [-0.4, -0.2) is 31.8 Å². The number of carbonyl (C=O) groups is 1. The third-order valence-corrected chi connectivity index (χ3v) is 1.73. The Kier molecular flexibility index (Phi) is 3.52. The Morgan fingerprint density at radius 1 is 1.46 bits per heavy atom. The van der Waals surface area contributed by atoms with Crippen LogP contribution in [0.2, 0.25) is 0 Å². The number of esters is 1. The van der Waals surface area contributed by atoms with E-state index in [2.05, 4.69) is 9.72 Å². The molecule has 0 aromatic carbocycles. The fraction of sp³-hybridized carbons (Fsp3) is 0.444. The second kappa shape index (κ2) is 4.67. The van der Waals surface area contributed by atoms with Gasteiger partial charge in [-0.15, -0.1) is 0 Å². The first kappa shape index (κ1) is 9.80. The van der Waals surface area contributed by atoms with Gasteiger partial charge in [0.15, 0.2) is 0 Å². The van der Waals surface area contributed by atoms with Crippen LogP contribution in [-0.2, 0) is 15.9 Å². The molecule has 1 heterocycles. The number of aromatic amines is 1. The molecule has 0 atom stereocenters. The average molecular weight is 183 g/mol. The van der Waals surface area contributed by atoms with Crippen molar-refractivity contribution in [3.8, 4) is 0 Å². The first-order valence-corrected chi connectivity index (χ1v) is 4.03. The van der Waals surface area contributed by atoms with E-state index in [0.717, 1.165) is 12.1 Å². The molecule has 0 unspecified atom stereocenters. The van der Waals surface area contributed by atoms with Crippen LogP contribution in [0, 0.1) is 0 Å². The molecule has 1 N–H and O–H groups in total. The summed E-state index contributed by atoms with van der Waals surface area (Å²) in [7, 11) is 3.00. The summed E-state index contributed by atoms with van der Waals surface area (Å²) in [6.07, 6.45) is 0.771. The Hall–Kier alpha value is -1.29. The van der Waals surface area contributed by atoms with Crippen LogP contribution in [0.15, 0.2) is 12.1 Å². The zero-order valence-corrected chi connectivity index (χ0v) is 7.79. The number of nitrogens with one attached hydrogen (secondary N) is 1. The van der Waals surface area contributed by atoms with Crippen molar-refractivity contribution in [3.63, 3.8) is 0 Å². The average Bonchev–Trinajstić information content (AvgIpc) is 2.62. The fourth-order valence-electron chi connectivity index (χ4n) is 1.03. The highest BCUT2D eigenvalue weighted by molar-refractivity contribution is 5.87. The van der Waals surface area contributed by atoms with Crippen molar-refractivity contribution in [2.24, 2.45) is 0 Å². The minimum Gasteiger partial charge on any atom is -0.464 e. The van der Waals surface area contributed by atoms with Gasteiger partial charge < -0.3 is 14.5 Å². The highest BCUT2D eigenvalue weighted by Gasteiger charge is 2.06. The summed E-state index contributed by atoms with van der Waals surface area (Å²) in [4.78, 5) is 14.0. The molecule has 0 spiro atoms. The molecule has 0 fully saturated rings. The van der Waals surface area contributed by atoms with Gasteiger partial charge in [-0.2, -0.15) is 0 Å². The van der Waals surface area contributed by atoms with Gasteiger partial charge in [-0.05, 0) is 12.1 Å². The summed E-state index contributed by atoms with van der Waals surface area (Å²) in [5.41, 5.74) is 1.45. The number of carbonyl (C=O) groups excluding carboxylic acids is 1. The molecule has 0 saturated carbocycles. The number of H-pyrrole nitrogens is 1. The molecule has 0 radical (unpaired) electrons. The standard InChI is InChI=1S/C9H13NO3/c1-12-6-5-7-3-4-8(10-7)9(11)13-2/h3-4,10H,5-6H2,1-2H3. The number of methoxy groups -OCH3 is 2. The Morgan fingerprint density at radius 3 is 2.85 bits per heavy atom. The topological polar surface area (TPSA) is 51.3 Å². The summed E-state index contributed by atoms with van der Waals surface area (Å²) in [5.74, 6) is -0.344. The quantitative estimate of drug-likeness (QED) is 0.708. The van der Waals surface area contributed by atoms with E-state index in [9.17, 15) is 4.79 Å². The first-order valence-electron chi connectivity index (χ1n) is 4.03.